The summed E-state index contributed by atoms with van der Waals surface area (Å²) in [6.45, 7) is 4.45. The molecule has 46 heavy (non-hydrogen) atoms. The van der Waals surface area contributed by atoms with Gasteiger partial charge in [0.25, 0.3) is 11.8 Å². The van der Waals surface area contributed by atoms with Gasteiger partial charge in [-0.25, -0.2) is 9.40 Å². The summed E-state index contributed by atoms with van der Waals surface area (Å²) in [6.07, 6.45) is 0.619. The first-order valence-corrected chi connectivity index (χ1v) is 16.6. The van der Waals surface area contributed by atoms with Gasteiger partial charge in [0.1, 0.15) is 11.6 Å². The quantitative estimate of drug-likeness (QED) is 0.162. The molecule has 2 aromatic heterocycles. The minimum atomic E-state index is -0.613. The van der Waals surface area contributed by atoms with Crippen LogP contribution in [0.15, 0.2) is 101 Å². The van der Waals surface area contributed by atoms with E-state index in [1.54, 1.807) is 27.0 Å². The molecule has 1 N–H and O–H groups in total. The van der Waals surface area contributed by atoms with E-state index in [9.17, 15) is 14.0 Å². The molecule has 6 rings (SSSR count). The lowest BCUT2D eigenvalue weighted by molar-refractivity contribution is -0.130. The van der Waals surface area contributed by atoms with Gasteiger partial charge in [0.05, 0.1) is 41.1 Å². The maximum Gasteiger partial charge on any atom is 0.254 e. The van der Waals surface area contributed by atoms with Crippen LogP contribution < -0.4 is 10.1 Å². The molecular formula is C34H31FN6O3S2. The molecule has 2 amide bonds. The Morgan fingerprint density at radius 1 is 1.02 bits per heavy atom. The molecule has 5 aromatic rings. The van der Waals surface area contributed by atoms with Gasteiger partial charge >= 0.3 is 0 Å². The van der Waals surface area contributed by atoms with Gasteiger partial charge in [-0.05, 0) is 67.3 Å². The van der Waals surface area contributed by atoms with E-state index in [4.69, 9.17) is 9.84 Å². The van der Waals surface area contributed by atoms with Crippen molar-refractivity contribution in [3.63, 3.8) is 0 Å². The number of hydrazone groups is 1. The van der Waals surface area contributed by atoms with Crippen molar-refractivity contribution in [2.45, 2.75) is 38.0 Å². The second-order valence-electron chi connectivity index (χ2n) is 10.5. The van der Waals surface area contributed by atoms with E-state index in [0.717, 1.165) is 27.4 Å². The number of hydrogen-bond acceptors (Lipinski definition) is 8. The number of nitrogens with zero attached hydrogens (tertiary/aromatic N) is 5. The Hall–Kier alpha value is -4.81. The lowest BCUT2D eigenvalue weighted by atomic mass is 10.00. The maximum absolute atomic E-state index is 14.2. The molecule has 0 saturated heterocycles. The third-order valence-electron chi connectivity index (χ3n) is 7.39. The van der Waals surface area contributed by atoms with Crippen LogP contribution in [0.1, 0.15) is 51.6 Å². The van der Waals surface area contributed by atoms with Crippen molar-refractivity contribution in [1.29, 1.82) is 0 Å². The van der Waals surface area contributed by atoms with Crippen molar-refractivity contribution in [2.75, 3.05) is 12.4 Å². The minimum absolute atomic E-state index is 0.0159. The Kier molecular flexibility index (Phi) is 9.55. The standard InChI is InChI=1S/C34H31FN6O3S2/c1-3-44-25-16-14-24(15-17-25)40-31(20-36-33(43)26-7-4-5-8-27(26)35)37-38-34(40)46-21-32(42)41-29(23-12-10-22(2)11-13-23)19-28(39-41)30-9-6-18-45-30/h4-18,29H,3,19-21H2,1-2H3,(H,36,43). The highest BCUT2D eigenvalue weighted by Crippen LogP contribution is 2.35. The Bertz CT molecular complexity index is 1860. The fourth-order valence-electron chi connectivity index (χ4n) is 5.10. The highest BCUT2D eigenvalue weighted by Gasteiger charge is 2.33. The van der Waals surface area contributed by atoms with Gasteiger partial charge in [-0.1, -0.05) is 59.8 Å². The van der Waals surface area contributed by atoms with E-state index in [0.29, 0.717) is 29.8 Å². The van der Waals surface area contributed by atoms with Gasteiger partial charge in [0, 0.05) is 12.1 Å². The number of thioether (sulfide) groups is 1. The first-order chi connectivity index (χ1) is 22.4. The number of aromatic nitrogens is 3. The Labute approximate surface area is 274 Å². The molecule has 0 fully saturated rings. The average molecular weight is 655 g/mol. The fourth-order valence-corrected chi connectivity index (χ4v) is 6.64. The summed E-state index contributed by atoms with van der Waals surface area (Å²) in [6, 6.07) is 25.1. The van der Waals surface area contributed by atoms with Crippen molar-refractivity contribution in [3.05, 3.63) is 124 Å². The number of ether oxygens (including phenoxy) is 1. The van der Waals surface area contributed by atoms with Crippen molar-refractivity contribution in [1.82, 2.24) is 25.1 Å². The molecular weight excluding hydrogens is 624 g/mol. The lowest BCUT2D eigenvalue weighted by Gasteiger charge is -2.22. The van der Waals surface area contributed by atoms with Crippen LogP contribution in [0.25, 0.3) is 5.69 Å². The van der Waals surface area contributed by atoms with Crippen molar-refractivity contribution >= 4 is 40.6 Å². The monoisotopic (exact) mass is 654 g/mol. The average Bonchev–Trinajstić information content (AvgIpc) is 3.84. The number of hydrogen-bond donors (Lipinski definition) is 1. The maximum atomic E-state index is 14.2. The molecule has 0 spiro atoms. The number of rotatable bonds is 11. The summed E-state index contributed by atoms with van der Waals surface area (Å²) in [5, 5.41) is 20.3. The number of benzene rings is 3. The van der Waals surface area contributed by atoms with Gasteiger partial charge in [-0.15, -0.1) is 21.5 Å². The molecule has 0 radical (unpaired) electrons. The third-order valence-corrected chi connectivity index (χ3v) is 9.22. The zero-order valence-electron chi connectivity index (χ0n) is 25.2. The van der Waals surface area contributed by atoms with Gasteiger partial charge in [-0.2, -0.15) is 5.10 Å². The molecule has 1 aliphatic heterocycles. The molecule has 3 heterocycles. The van der Waals surface area contributed by atoms with Gasteiger partial charge in [0.2, 0.25) is 0 Å². The summed E-state index contributed by atoms with van der Waals surface area (Å²) >= 11 is 2.83. The zero-order chi connectivity index (χ0) is 32.0. The number of halogens is 1. The molecule has 0 saturated carbocycles. The molecule has 1 atom stereocenters. The number of thiophene rings is 1. The Morgan fingerprint density at radius 2 is 1.80 bits per heavy atom. The summed E-state index contributed by atoms with van der Waals surface area (Å²) in [7, 11) is 0. The van der Waals surface area contributed by atoms with Gasteiger partial charge in [-0.3, -0.25) is 14.2 Å². The number of amides is 2. The molecule has 234 valence electrons. The second-order valence-corrected chi connectivity index (χ2v) is 12.4. The number of carbonyl (C=O) groups is 2. The molecule has 12 heteroatoms. The van der Waals surface area contributed by atoms with Crippen LogP contribution in [0.5, 0.6) is 5.75 Å². The van der Waals surface area contributed by atoms with E-state index in [1.807, 2.05) is 79.9 Å². The summed E-state index contributed by atoms with van der Waals surface area (Å²) in [5.41, 5.74) is 3.69. The van der Waals surface area contributed by atoms with E-state index in [1.165, 1.54) is 30.0 Å². The molecule has 0 bridgehead atoms. The van der Waals surface area contributed by atoms with Crippen LogP contribution in [0, 0.1) is 12.7 Å². The van der Waals surface area contributed by atoms with Crippen molar-refractivity contribution in [3.8, 4) is 11.4 Å². The first kappa shape index (κ1) is 31.2. The van der Waals surface area contributed by atoms with Crippen LogP contribution in [0.2, 0.25) is 0 Å². The molecule has 0 aliphatic carbocycles. The van der Waals surface area contributed by atoms with Crippen LogP contribution >= 0.6 is 23.1 Å². The molecule has 1 aliphatic rings. The zero-order valence-corrected chi connectivity index (χ0v) is 26.9. The van der Waals surface area contributed by atoms with E-state index < -0.39 is 11.7 Å². The van der Waals surface area contributed by atoms with Crippen molar-refractivity contribution < 1.29 is 18.7 Å². The highest BCUT2D eigenvalue weighted by molar-refractivity contribution is 7.99. The minimum Gasteiger partial charge on any atom is -0.494 e. The van der Waals surface area contributed by atoms with E-state index in [2.05, 4.69) is 15.5 Å². The molecule has 9 nitrogen and oxygen atoms in total. The number of nitrogens with one attached hydrogen (secondary N) is 1. The summed E-state index contributed by atoms with van der Waals surface area (Å²) in [5.74, 6) is -0.176. The van der Waals surface area contributed by atoms with Crippen LogP contribution in [0.4, 0.5) is 4.39 Å². The Balaban J connectivity index is 1.24. The Morgan fingerprint density at radius 3 is 2.52 bits per heavy atom. The summed E-state index contributed by atoms with van der Waals surface area (Å²) in [4.78, 5) is 27.6. The number of aryl methyl sites for hydroxylation is 1. The largest absolute Gasteiger partial charge is 0.494 e. The first-order valence-electron chi connectivity index (χ1n) is 14.7. The van der Waals surface area contributed by atoms with Crippen molar-refractivity contribution in [2.24, 2.45) is 5.10 Å². The molecule has 3 aromatic carbocycles. The predicted octanol–water partition coefficient (Wildman–Crippen LogP) is 6.58. The predicted molar refractivity (Wildman–Crippen MR) is 177 cm³/mol. The van der Waals surface area contributed by atoms with Gasteiger partial charge in [0.15, 0.2) is 11.0 Å². The topological polar surface area (TPSA) is 102 Å². The SMILES string of the molecule is CCOc1ccc(-n2c(CNC(=O)c3ccccc3F)nnc2SCC(=O)N2N=C(c3cccs3)CC2c2ccc(C)cc2)cc1. The van der Waals surface area contributed by atoms with E-state index in [-0.39, 0.29) is 29.8 Å². The normalized spacial score (nSPS) is 14.3. The lowest BCUT2D eigenvalue weighted by Crippen LogP contribution is -2.28. The fraction of sp³-hybridized carbons (Fsp3) is 0.206. The van der Waals surface area contributed by atoms with Crippen LogP contribution in [-0.2, 0) is 11.3 Å². The van der Waals surface area contributed by atoms with Crippen LogP contribution in [-0.4, -0.2) is 49.7 Å². The summed E-state index contributed by atoms with van der Waals surface area (Å²) < 4.78 is 21.6. The highest BCUT2D eigenvalue weighted by atomic mass is 32.2. The molecule has 1 unspecified atom stereocenters. The van der Waals surface area contributed by atoms with Gasteiger partial charge < -0.3 is 10.1 Å². The van der Waals surface area contributed by atoms with E-state index >= 15 is 0 Å². The third kappa shape index (κ3) is 6.87. The second kappa shape index (κ2) is 14.1. The smallest absolute Gasteiger partial charge is 0.254 e. The number of carbonyl (C=O) groups excluding carboxylic acids is 2. The van der Waals surface area contributed by atoms with Crippen LogP contribution in [0.3, 0.4) is 0 Å².